The zero-order chi connectivity index (χ0) is 20.1. The van der Waals surface area contributed by atoms with Gasteiger partial charge in [-0.1, -0.05) is 12.1 Å². The molecule has 0 fully saturated rings. The number of nitrogens with one attached hydrogen (secondary N) is 1. The van der Waals surface area contributed by atoms with Crippen molar-refractivity contribution < 1.29 is 14.6 Å². The third-order valence-corrected chi connectivity index (χ3v) is 3.71. The molecular weight excluding hydrogens is 354 g/mol. The quantitative estimate of drug-likeness (QED) is 0.472. The van der Waals surface area contributed by atoms with Crippen molar-refractivity contribution in [3.63, 3.8) is 0 Å². The van der Waals surface area contributed by atoms with Crippen LogP contribution in [0.1, 0.15) is 22.8 Å². The van der Waals surface area contributed by atoms with E-state index in [0.717, 1.165) is 29.4 Å². The lowest BCUT2D eigenvalue weighted by atomic mass is 10.1. The average molecular weight is 371 g/mol. The molecule has 0 aliphatic rings. The maximum atomic E-state index is 12.2. The molecule has 1 amide bonds. The van der Waals surface area contributed by atoms with Crippen molar-refractivity contribution in [3.8, 4) is 0 Å². The van der Waals surface area contributed by atoms with Gasteiger partial charge in [0.25, 0.3) is 17.3 Å². The second kappa shape index (κ2) is 8.04. The summed E-state index contributed by atoms with van der Waals surface area (Å²) in [6.45, 7) is 1.68. The summed E-state index contributed by atoms with van der Waals surface area (Å²) >= 11 is 0. The second-order valence-electron chi connectivity index (χ2n) is 5.83. The van der Waals surface area contributed by atoms with Crippen LogP contribution in [0.4, 0.5) is 17.1 Å². The maximum Gasteiger partial charge on any atom is 0.277 e. The Balaban J connectivity index is 2.22. The number of hydrazone groups is 1. The molecule has 0 radical (unpaired) electrons. The molecular formula is C17H17N5O5. The van der Waals surface area contributed by atoms with Crippen LogP contribution >= 0.6 is 0 Å². The molecule has 0 unspecified atom stereocenters. The fraction of sp³-hybridized carbons (Fsp3) is 0.176. The predicted molar refractivity (Wildman–Crippen MR) is 100 cm³/mol. The summed E-state index contributed by atoms with van der Waals surface area (Å²) in [6, 6.07) is 10.1. The Kier molecular flexibility index (Phi) is 5.81. The predicted octanol–water partition coefficient (Wildman–Crippen LogP) is 2.72. The molecule has 0 spiro atoms. The van der Waals surface area contributed by atoms with Gasteiger partial charge in [-0.05, 0) is 24.6 Å². The van der Waals surface area contributed by atoms with Crippen molar-refractivity contribution in [2.45, 2.75) is 6.92 Å². The highest BCUT2D eigenvalue weighted by Crippen LogP contribution is 2.22. The zero-order valence-corrected chi connectivity index (χ0v) is 14.9. The molecule has 1 N–H and O–H groups in total. The Morgan fingerprint density at radius 1 is 0.963 bits per heavy atom. The number of nitro benzene ring substituents is 2. The van der Waals surface area contributed by atoms with Gasteiger partial charge in [0.05, 0.1) is 27.2 Å². The highest BCUT2D eigenvalue weighted by Gasteiger charge is 2.19. The first-order valence-electron chi connectivity index (χ1n) is 7.75. The molecule has 2 rings (SSSR count). The van der Waals surface area contributed by atoms with Crippen molar-refractivity contribution in [1.82, 2.24) is 5.43 Å². The summed E-state index contributed by atoms with van der Waals surface area (Å²) < 4.78 is 0. The van der Waals surface area contributed by atoms with E-state index in [4.69, 9.17) is 0 Å². The minimum Gasteiger partial charge on any atom is -0.378 e. The van der Waals surface area contributed by atoms with Gasteiger partial charge < -0.3 is 4.90 Å². The first kappa shape index (κ1) is 19.5. The van der Waals surface area contributed by atoms with E-state index in [2.05, 4.69) is 10.5 Å². The first-order valence-corrected chi connectivity index (χ1v) is 7.75. The molecule has 2 aromatic rings. The molecule has 0 bridgehead atoms. The molecule has 0 aliphatic carbocycles. The lowest BCUT2D eigenvalue weighted by molar-refractivity contribution is -0.394. The topological polar surface area (TPSA) is 131 Å². The number of anilines is 1. The molecule has 0 saturated heterocycles. The van der Waals surface area contributed by atoms with Crippen LogP contribution < -0.4 is 10.3 Å². The molecule has 2 aromatic carbocycles. The first-order chi connectivity index (χ1) is 12.7. The molecule has 10 nitrogen and oxygen atoms in total. The highest BCUT2D eigenvalue weighted by atomic mass is 16.6. The summed E-state index contributed by atoms with van der Waals surface area (Å²) in [5.74, 6) is -0.786. The molecule has 140 valence electrons. The van der Waals surface area contributed by atoms with Gasteiger partial charge in [0.2, 0.25) is 0 Å². The van der Waals surface area contributed by atoms with Crippen LogP contribution in [0, 0.1) is 20.2 Å². The summed E-state index contributed by atoms with van der Waals surface area (Å²) in [5, 5.41) is 25.8. The smallest absolute Gasteiger partial charge is 0.277 e. The van der Waals surface area contributed by atoms with Gasteiger partial charge in [-0.25, -0.2) is 5.43 Å². The van der Waals surface area contributed by atoms with Crippen LogP contribution in [0.5, 0.6) is 0 Å². The van der Waals surface area contributed by atoms with Crippen molar-refractivity contribution >= 4 is 28.7 Å². The van der Waals surface area contributed by atoms with Gasteiger partial charge in [0.1, 0.15) is 0 Å². The van der Waals surface area contributed by atoms with Crippen LogP contribution in [0.2, 0.25) is 0 Å². The van der Waals surface area contributed by atoms with E-state index >= 15 is 0 Å². The molecule has 0 saturated carbocycles. The van der Waals surface area contributed by atoms with E-state index < -0.39 is 27.1 Å². The Bertz CT molecular complexity index is 890. The maximum absolute atomic E-state index is 12.2. The van der Waals surface area contributed by atoms with Crippen LogP contribution in [-0.4, -0.2) is 35.6 Å². The van der Waals surface area contributed by atoms with E-state index in [-0.39, 0.29) is 5.56 Å². The van der Waals surface area contributed by atoms with E-state index in [1.807, 2.05) is 43.3 Å². The number of non-ortho nitro benzene ring substituents is 2. The number of benzene rings is 2. The number of carbonyl (C=O) groups excluding carboxylic acids is 1. The molecule has 0 atom stereocenters. The van der Waals surface area contributed by atoms with Gasteiger partial charge in [-0.2, -0.15) is 5.10 Å². The standard InChI is InChI=1S/C17H17N5O5/c1-11(12-4-6-14(7-5-12)20(2)3)18-19-17(23)13-8-15(21(24)25)10-16(9-13)22(26)27/h4-10H,1-3H3,(H,19,23)/b18-11-. The van der Waals surface area contributed by atoms with Gasteiger partial charge in [0, 0.05) is 31.9 Å². The molecule has 0 aliphatic heterocycles. The van der Waals surface area contributed by atoms with E-state index in [1.54, 1.807) is 6.92 Å². The fourth-order valence-corrected chi connectivity index (χ4v) is 2.20. The minimum absolute atomic E-state index is 0.226. The van der Waals surface area contributed by atoms with Gasteiger partial charge in [0.15, 0.2) is 0 Å². The van der Waals surface area contributed by atoms with Crippen LogP contribution in [-0.2, 0) is 0 Å². The number of hydrogen-bond donors (Lipinski definition) is 1. The number of amides is 1. The Morgan fingerprint density at radius 2 is 1.48 bits per heavy atom. The van der Waals surface area contributed by atoms with Crippen molar-refractivity contribution in [2.24, 2.45) is 5.10 Å². The summed E-state index contributed by atoms with van der Waals surface area (Å²) in [6.07, 6.45) is 0. The van der Waals surface area contributed by atoms with Crippen LogP contribution in [0.3, 0.4) is 0 Å². The number of rotatable bonds is 6. The number of hydrogen-bond acceptors (Lipinski definition) is 7. The lowest BCUT2D eigenvalue weighted by Crippen LogP contribution is -2.19. The van der Waals surface area contributed by atoms with E-state index in [0.29, 0.717) is 5.71 Å². The third kappa shape index (κ3) is 4.84. The molecule has 27 heavy (non-hydrogen) atoms. The Hall–Kier alpha value is -3.82. The van der Waals surface area contributed by atoms with E-state index in [1.165, 1.54) is 0 Å². The minimum atomic E-state index is -0.801. The SMILES string of the molecule is C/C(=N/NC(=O)c1cc([N+](=O)[O-])cc([N+](=O)[O-])c1)c1ccc(N(C)C)cc1. The summed E-state index contributed by atoms with van der Waals surface area (Å²) in [5.41, 5.74) is 3.22. The molecule has 10 heteroatoms. The average Bonchev–Trinajstić information content (AvgIpc) is 2.65. The fourth-order valence-electron chi connectivity index (χ4n) is 2.20. The number of nitro groups is 2. The van der Waals surface area contributed by atoms with Gasteiger partial charge in [-0.3, -0.25) is 25.0 Å². The van der Waals surface area contributed by atoms with Crippen molar-refractivity contribution in [2.75, 3.05) is 19.0 Å². The van der Waals surface area contributed by atoms with Crippen LogP contribution in [0.25, 0.3) is 0 Å². The Labute approximate surface area is 154 Å². The number of nitrogens with zero attached hydrogens (tertiary/aromatic N) is 4. The van der Waals surface area contributed by atoms with Gasteiger partial charge in [-0.15, -0.1) is 0 Å². The molecule has 0 aromatic heterocycles. The third-order valence-electron chi connectivity index (χ3n) is 3.71. The summed E-state index contributed by atoms with van der Waals surface area (Å²) in [7, 11) is 3.82. The molecule has 0 heterocycles. The Morgan fingerprint density at radius 3 is 1.93 bits per heavy atom. The van der Waals surface area contributed by atoms with Crippen molar-refractivity contribution in [3.05, 3.63) is 73.8 Å². The lowest BCUT2D eigenvalue weighted by Gasteiger charge is -2.12. The zero-order valence-electron chi connectivity index (χ0n) is 14.9. The monoisotopic (exact) mass is 371 g/mol. The largest absolute Gasteiger partial charge is 0.378 e. The highest BCUT2D eigenvalue weighted by molar-refractivity contribution is 6.01. The van der Waals surface area contributed by atoms with Crippen molar-refractivity contribution in [1.29, 1.82) is 0 Å². The number of carbonyl (C=O) groups is 1. The van der Waals surface area contributed by atoms with Crippen LogP contribution in [0.15, 0.2) is 47.6 Å². The van der Waals surface area contributed by atoms with Gasteiger partial charge >= 0.3 is 0 Å². The summed E-state index contributed by atoms with van der Waals surface area (Å²) in [4.78, 5) is 34.3. The van der Waals surface area contributed by atoms with E-state index in [9.17, 15) is 25.0 Å². The normalized spacial score (nSPS) is 11.0. The second-order valence-corrected chi connectivity index (χ2v) is 5.83.